The van der Waals surface area contributed by atoms with Crippen LogP contribution in [0.3, 0.4) is 0 Å². The lowest BCUT2D eigenvalue weighted by Gasteiger charge is -2.12. The lowest BCUT2D eigenvalue weighted by molar-refractivity contribution is 0.102. The number of nitrogens with zero attached hydrogens (tertiary/aromatic N) is 2. The fraction of sp³-hybridized carbons (Fsp3) is 0.190. The third-order valence-electron chi connectivity index (χ3n) is 4.14. The number of amides is 1. The first-order valence-corrected chi connectivity index (χ1v) is 9.61. The summed E-state index contributed by atoms with van der Waals surface area (Å²) in [5.41, 5.74) is 3.15. The van der Waals surface area contributed by atoms with Crippen molar-refractivity contribution in [3.8, 4) is 11.5 Å². The van der Waals surface area contributed by atoms with E-state index in [2.05, 4.69) is 15.3 Å². The zero-order valence-electron chi connectivity index (χ0n) is 15.9. The van der Waals surface area contributed by atoms with Crippen molar-refractivity contribution < 1.29 is 14.3 Å². The van der Waals surface area contributed by atoms with Crippen LogP contribution in [-0.2, 0) is 5.75 Å². The van der Waals surface area contributed by atoms with Crippen LogP contribution in [0, 0.1) is 6.92 Å². The normalized spacial score (nSPS) is 10.4. The van der Waals surface area contributed by atoms with Crippen LogP contribution >= 0.6 is 11.8 Å². The van der Waals surface area contributed by atoms with E-state index in [1.807, 2.05) is 25.1 Å². The van der Waals surface area contributed by atoms with Crippen molar-refractivity contribution >= 4 is 23.4 Å². The maximum absolute atomic E-state index is 12.8. The second-order valence-electron chi connectivity index (χ2n) is 5.97. The number of thioether (sulfide) groups is 1. The van der Waals surface area contributed by atoms with Gasteiger partial charge in [0.1, 0.15) is 16.5 Å². The van der Waals surface area contributed by atoms with Crippen molar-refractivity contribution in [1.82, 2.24) is 9.97 Å². The van der Waals surface area contributed by atoms with Gasteiger partial charge in [-0.05, 0) is 36.8 Å². The van der Waals surface area contributed by atoms with Gasteiger partial charge in [0.25, 0.3) is 5.91 Å². The molecule has 7 heteroatoms. The Balaban J connectivity index is 1.77. The summed E-state index contributed by atoms with van der Waals surface area (Å²) in [6.07, 6.45) is 5.05. The predicted molar refractivity (Wildman–Crippen MR) is 110 cm³/mol. The largest absolute Gasteiger partial charge is 0.497 e. The molecule has 0 spiro atoms. The first-order chi connectivity index (χ1) is 13.6. The fourth-order valence-corrected chi connectivity index (χ4v) is 3.58. The Hall–Kier alpha value is -3.06. The number of nitrogens with one attached hydrogen (secondary N) is 1. The number of aromatic nitrogens is 2. The minimum absolute atomic E-state index is 0.202. The van der Waals surface area contributed by atoms with E-state index < -0.39 is 0 Å². The first kappa shape index (κ1) is 19.7. The molecule has 0 saturated heterocycles. The molecule has 0 aliphatic heterocycles. The van der Waals surface area contributed by atoms with Gasteiger partial charge in [0.2, 0.25) is 0 Å². The van der Waals surface area contributed by atoms with Crippen LogP contribution in [0.4, 0.5) is 5.69 Å². The minimum Gasteiger partial charge on any atom is -0.497 e. The number of anilines is 1. The molecular formula is C21H21N3O3S. The fourth-order valence-electron chi connectivity index (χ4n) is 2.60. The van der Waals surface area contributed by atoms with Crippen LogP contribution in [0.25, 0.3) is 0 Å². The summed E-state index contributed by atoms with van der Waals surface area (Å²) >= 11 is 1.48. The molecule has 0 radical (unpaired) electrons. The van der Waals surface area contributed by atoms with Gasteiger partial charge in [-0.15, -0.1) is 11.8 Å². The molecule has 0 aliphatic carbocycles. The summed E-state index contributed by atoms with van der Waals surface area (Å²) in [4.78, 5) is 21.2. The van der Waals surface area contributed by atoms with Crippen molar-refractivity contribution in [1.29, 1.82) is 0 Å². The zero-order chi connectivity index (χ0) is 19.9. The maximum Gasteiger partial charge on any atom is 0.258 e. The molecule has 28 heavy (non-hydrogen) atoms. The Morgan fingerprint density at radius 3 is 2.75 bits per heavy atom. The molecular weight excluding hydrogens is 374 g/mol. The van der Waals surface area contributed by atoms with Crippen molar-refractivity contribution in [2.75, 3.05) is 19.5 Å². The smallest absolute Gasteiger partial charge is 0.258 e. The molecule has 0 atom stereocenters. The van der Waals surface area contributed by atoms with Gasteiger partial charge in [-0.25, -0.2) is 4.98 Å². The second-order valence-corrected chi connectivity index (χ2v) is 6.93. The van der Waals surface area contributed by atoms with E-state index in [0.717, 1.165) is 28.3 Å². The molecule has 2 heterocycles. The van der Waals surface area contributed by atoms with E-state index in [-0.39, 0.29) is 5.91 Å². The molecule has 0 aliphatic rings. The first-order valence-electron chi connectivity index (χ1n) is 8.63. The molecule has 3 aromatic rings. The average Bonchev–Trinajstić information content (AvgIpc) is 2.73. The number of hydrogen-bond donors (Lipinski definition) is 1. The number of rotatable bonds is 7. The number of benzene rings is 1. The van der Waals surface area contributed by atoms with Crippen molar-refractivity contribution in [2.24, 2.45) is 0 Å². The zero-order valence-corrected chi connectivity index (χ0v) is 16.7. The van der Waals surface area contributed by atoms with Crippen LogP contribution < -0.4 is 14.8 Å². The Labute approximate surface area is 168 Å². The highest BCUT2D eigenvalue weighted by atomic mass is 32.2. The van der Waals surface area contributed by atoms with Crippen LogP contribution in [0.15, 0.2) is 60.0 Å². The molecule has 6 nitrogen and oxygen atoms in total. The Morgan fingerprint density at radius 1 is 1.14 bits per heavy atom. The molecule has 0 saturated carbocycles. The highest BCUT2D eigenvalue weighted by molar-refractivity contribution is 7.98. The summed E-state index contributed by atoms with van der Waals surface area (Å²) in [7, 11) is 3.24. The van der Waals surface area contributed by atoms with E-state index in [4.69, 9.17) is 9.47 Å². The molecule has 0 unspecified atom stereocenters. The van der Waals surface area contributed by atoms with E-state index >= 15 is 0 Å². The lowest BCUT2D eigenvalue weighted by atomic mass is 10.2. The molecule has 144 valence electrons. The van der Waals surface area contributed by atoms with Crippen molar-refractivity contribution in [3.63, 3.8) is 0 Å². The Bertz CT molecular complexity index is 979. The SMILES string of the molecule is COc1ccc(CSc2ncccc2C(=O)Nc2ccncc2C)c(OC)c1. The van der Waals surface area contributed by atoms with Crippen LogP contribution in [-0.4, -0.2) is 30.1 Å². The quantitative estimate of drug-likeness (QED) is 0.600. The highest BCUT2D eigenvalue weighted by Gasteiger charge is 2.15. The van der Waals surface area contributed by atoms with Gasteiger partial charge in [0, 0.05) is 41.7 Å². The number of ether oxygens (including phenoxy) is 2. The lowest BCUT2D eigenvalue weighted by Crippen LogP contribution is -2.14. The van der Waals surface area contributed by atoms with E-state index in [9.17, 15) is 4.79 Å². The summed E-state index contributed by atoms with van der Waals surface area (Å²) < 4.78 is 10.7. The van der Waals surface area contributed by atoms with E-state index in [1.165, 1.54) is 11.8 Å². The van der Waals surface area contributed by atoms with Gasteiger partial charge >= 0.3 is 0 Å². The molecule has 1 N–H and O–H groups in total. The number of hydrogen-bond acceptors (Lipinski definition) is 6. The molecule has 0 fully saturated rings. The number of carbonyl (C=O) groups is 1. The molecule has 3 rings (SSSR count). The summed E-state index contributed by atoms with van der Waals surface area (Å²) in [6, 6.07) is 11.0. The highest BCUT2D eigenvalue weighted by Crippen LogP contribution is 2.31. The van der Waals surface area contributed by atoms with Crippen LogP contribution in [0.1, 0.15) is 21.5 Å². The van der Waals surface area contributed by atoms with Crippen LogP contribution in [0.5, 0.6) is 11.5 Å². The standard InChI is InChI=1S/C21H21N3O3S/c1-14-12-22-10-8-18(14)24-20(25)17-5-4-9-23-21(17)28-13-15-6-7-16(26-2)11-19(15)27-3/h4-12H,13H2,1-3H3,(H,22,24,25). The van der Waals surface area contributed by atoms with E-state index in [1.54, 1.807) is 51.0 Å². The molecule has 1 aromatic carbocycles. The third-order valence-corrected chi connectivity index (χ3v) is 5.20. The topological polar surface area (TPSA) is 73.3 Å². The molecule has 0 bridgehead atoms. The maximum atomic E-state index is 12.8. The summed E-state index contributed by atoms with van der Waals surface area (Å²) in [6.45, 7) is 1.90. The summed E-state index contributed by atoms with van der Waals surface area (Å²) in [5.74, 6) is 1.88. The number of carbonyl (C=O) groups excluding carboxylic acids is 1. The average molecular weight is 395 g/mol. The van der Waals surface area contributed by atoms with Gasteiger partial charge in [0.15, 0.2) is 0 Å². The monoisotopic (exact) mass is 395 g/mol. The van der Waals surface area contributed by atoms with Gasteiger partial charge < -0.3 is 14.8 Å². The van der Waals surface area contributed by atoms with Gasteiger partial charge in [-0.3, -0.25) is 9.78 Å². The number of methoxy groups -OCH3 is 2. The van der Waals surface area contributed by atoms with Gasteiger partial charge in [0.05, 0.1) is 19.8 Å². The van der Waals surface area contributed by atoms with Crippen molar-refractivity contribution in [2.45, 2.75) is 17.7 Å². The predicted octanol–water partition coefficient (Wildman–Crippen LogP) is 4.35. The number of pyridine rings is 2. The van der Waals surface area contributed by atoms with Crippen LogP contribution in [0.2, 0.25) is 0 Å². The van der Waals surface area contributed by atoms with Gasteiger partial charge in [-0.1, -0.05) is 6.07 Å². The second kappa shape index (κ2) is 9.23. The third kappa shape index (κ3) is 4.61. The minimum atomic E-state index is -0.202. The Kier molecular flexibility index (Phi) is 6.49. The Morgan fingerprint density at radius 2 is 2.00 bits per heavy atom. The van der Waals surface area contributed by atoms with Gasteiger partial charge in [-0.2, -0.15) is 0 Å². The van der Waals surface area contributed by atoms with E-state index in [0.29, 0.717) is 16.3 Å². The number of aryl methyl sites for hydroxylation is 1. The molecule has 1 amide bonds. The summed E-state index contributed by atoms with van der Waals surface area (Å²) in [5, 5.41) is 3.59. The molecule has 2 aromatic heterocycles. The van der Waals surface area contributed by atoms with Crippen molar-refractivity contribution in [3.05, 3.63) is 71.7 Å².